The number of aliphatic imine (C=N–C) groups is 1. The minimum Gasteiger partial charge on any atom is -0.211 e. The fraction of sp³-hybridized carbons (Fsp3) is 0.222. The Balaban J connectivity index is 2.92. The SMILES string of the molecule is CC1=CC(N=C=O)=CC=CC1. The van der Waals surface area contributed by atoms with Gasteiger partial charge in [-0.1, -0.05) is 17.7 Å². The van der Waals surface area contributed by atoms with Crippen LogP contribution >= 0.6 is 0 Å². The number of hydrogen-bond acceptors (Lipinski definition) is 2. The van der Waals surface area contributed by atoms with Crippen molar-refractivity contribution < 1.29 is 4.79 Å². The Morgan fingerprint density at radius 2 is 2.45 bits per heavy atom. The number of rotatable bonds is 1. The molecule has 0 spiro atoms. The van der Waals surface area contributed by atoms with Crippen molar-refractivity contribution in [1.82, 2.24) is 0 Å². The quantitative estimate of drug-likeness (QED) is 0.412. The van der Waals surface area contributed by atoms with Gasteiger partial charge in [-0.2, -0.15) is 4.99 Å². The summed E-state index contributed by atoms with van der Waals surface area (Å²) in [7, 11) is 0. The Morgan fingerprint density at radius 3 is 3.18 bits per heavy atom. The van der Waals surface area contributed by atoms with Crippen LogP contribution < -0.4 is 0 Å². The summed E-state index contributed by atoms with van der Waals surface area (Å²) in [6.45, 7) is 2.00. The predicted octanol–water partition coefficient (Wildman–Crippen LogP) is 2.11. The second-order valence-electron chi connectivity index (χ2n) is 2.42. The molecular weight excluding hydrogens is 138 g/mol. The summed E-state index contributed by atoms with van der Waals surface area (Å²) in [6, 6.07) is 0. The van der Waals surface area contributed by atoms with Crippen LogP contribution in [0.3, 0.4) is 0 Å². The minimum atomic E-state index is 0.672. The molecule has 11 heavy (non-hydrogen) atoms. The number of hydrogen-bond donors (Lipinski definition) is 0. The lowest BCUT2D eigenvalue weighted by atomic mass is 10.2. The number of nitrogens with zero attached hydrogens (tertiary/aromatic N) is 1. The Bertz CT molecular complexity index is 278. The van der Waals surface area contributed by atoms with E-state index in [4.69, 9.17) is 0 Å². The number of allylic oxidation sites excluding steroid dienone is 5. The molecule has 2 heteroatoms. The highest BCUT2D eigenvalue weighted by atomic mass is 16.1. The fourth-order valence-electron chi connectivity index (χ4n) is 0.902. The monoisotopic (exact) mass is 147 g/mol. The van der Waals surface area contributed by atoms with Crippen molar-refractivity contribution >= 4 is 6.08 Å². The Hall–Kier alpha value is -1.40. The number of carbonyl (C=O) groups excluding carboxylic acids is 1. The van der Waals surface area contributed by atoms with Gasteiger partial charge in [-0.25, -0.2) is 4.79 Å². The summed E-state index contributed by atoms with van der Waals surface area (Å²) in [5.41, 5.74) is 1.87. The van der Waals surface area contributed by atoms with Crippen LogP contribution in [0, 0.1) is 0 Å². The van der Waals surface area contributed by atoms with Crippen molar-refractivity contribution in [1.29, 1.82) is 0 Å². The maximum absolute atomic E-state index is 9.91. The molecule has 0 aromatic heterocycles. The van der Waals surface area contributed by atoms with Crippen LogP contribution in [0.2, 0.25) is 0 Å². The summed E-state index contributed by atoms with van der Waals surface area (Å²) < 4.78 is 0. The van der Waals surface area contributed by atoms with Crippen molar-refractivity contribution in [2.45, 2.75) is 13.3 Å². The van der Waals surface area contributed by atoms with Gasteiger partial charge in [-0.05, 0) is 25.5 Å². The molecule has 0 amide bonds. The van der Waals surface area contributed by atoms with Gasteiger partial charge in [0.05, 0.1) is 5.70 Å². The van der Waals surface area contributed by atoms with Crippen LogP contribution in [-0.4, -0.2) is 6.08 Å². The third-order valence-electron chi connectivity index (χ3n) is 1.41. The molecular formula is C9H9NO. The van der Waals surface area contributed by atoms with E-state index in [1.807, 2.05) is 25.2 Å². The average molecular weight is 147 g/mol. The summed E-state index contributed by atoms with van der Waals surface area (Å²) in [4.78, 5) is 13.4. The van der Waals surface area contributed by atoms with E-state index in [2.05, 4.69) is 4.99 Å². The first-order chi connectivity index (χ1) is 5.33. The maximum Gasteiger partial charge on any atom is 0.240 e. The van der Waals surface area contributed by atoms with Crippen molar-refractivity contribution in [2.24, 2.45) is 4.99 Å². The highest BCUT2D eigenvalue weighted by molar-refractivity contribution is 5.42. The lowest BCUT2D eigenvalue weighted by Crippen LogP contribution is -1.73. The smallest absolute Gasteiger partial charge is 0.211 e. The highest BCUT2D eigenvalue weighted by Gasteiger charge is 1.93. The molecule has 0 radical (unpaired) electrons. The maximum atomic E-state index is 9.91. The van der Waals surface area contributed by atoms with Gasteiger partial charge in [0.25, 0.3) is 0 Å². The van der Waals surface area contributed by atoms with Gasteiger partial charge in [0, 0.05) is 0 Å². The average Bonchev–Trinajstić information content (AvgIpc) is 2.15. The zero-order valence-corrected chi connectivity index (χ0v) is 6.37. The zero-order chi connectivity index (χ0) is 8.10. The third kappa shape index (κ3) is 2.36. The molecule has 0 heterocycles. The summed E-state index contributed by atoms with van der Waals surface area (Å²) in [5, 5.41) is 0. The van der Waals surface area contributed by atoms with Gasteiger partial charge in [-0.3, -0.25) is 0 Å². The van der Waals surface area contributed by atoms with Crippen molar-refractivity contribution in [2.75, 3.05) is 0 Å². The summed E-state index contributed by atoms with van der Waals surface area (Å²) in [6.07, 6.45) is 10.0. The van der Waals surface area contributed by atoms with E-state index in [9.17, 15) is 4.79 Å². The van der Waals surface area contributed by atoms with Gasteiger partial charge in [0.2, 0.25) is 6.08 Å². The molecule has 2 nitrogen and oxygen atoms in total. The van der Waals surface area contributed by atoms with Crippen LogP contribution in [0.25, 0.3) is 0 Å². The summed E-state index contributed by atoms with van der Waals surface area (Å²) in [5.74, 6) is 0. The standard InChI is InChI=1S/C9H9NO/c1-8-4-2-3-5-9(6-8)10-7-11/h2-3,5-6H,4H2,1H3. The molecule has 0 N–H and O–H groups in total. The van der Waals surface area contributed by atoms with Gasteiger partial charge in [-0.15, -0.1) is 0 Å². The van der Waals surface area contributed by atoms with Crippen molar-refractivity contribution in [3.63, 3.8) is 0 Å². The molecule has 0 saturated carbocycles. The Kier molecular flexibility index (Phi) is 2.59. The molecule has 0 unspecified atom stereocenters. The van der Waals surface area contributed by atoms with E-state index in [1.54, 1.807) is 6.08 Å². The molecule has 0 aromatic carbocycles. The molecule has 1 rings (SSSR count). The largest absolute Gasteiger partial charge is 0.240 e. The van der Waals surface area contributed by atoms with Crippen LogP contribution in [0.5, 0.6) is 0 Å². The number of isocyanates is 1. The second kappa shape index (κ2) is 3.69. The first-order valence-corrected chi connectivity index (χ1v) is 3.45. The van der Waals surface area contributed by atoms with Gasteiger partial charge in [0.15, 0.2) is 0 Å². The Morgan fingerprint density at radius 1 is 1.64 bits per heavy atom. The molecule has 0 atom stereocenters. The van der Waals surface area contributed by atoms with E-state index in [1.165, 1.54) is 11.7 Å². The third-order valence-corrected chi connectivity index (χ3v) is 1.41. The Labute approximate surface area is 65.6 Å². The zero-order valence-electron chi connectivity index (χ0n) is 6.37. The second-order valence-corrected chi connectivity index (χ2v) is 2.42. The van der Waals surface area contributed by atoms with E-state index < -0.39 is 0 Å². The molecule has 0 saturated heterocycles. The fourth-order valence-corrected chi connectivity index (χ4v) is 0.902. The highest BCUT2D eigenvalue weighted by Crippen LogP contribution is 2.11. The molecule has 0 aromatic rings. The van der Waals surface area contributed by atoms with E-state index in [0.717, 1.165) is 6.42 Å². The predicted molar refractivity (Wildman–Crippen MR) is 43.7 cm³/mol. The van der Waals surface area contributed by atoms with Gasteiger partial charge >= 0.3 is 0 Å². The van der Waals surface area contributed by atoms with Crippen LogP contribution in [0.4, 0.5) is 0 Å². The van der Waals surface area contributed by atoms with Crippen molar-refractivity contribution in [3.05, 3.63) is 35.6 Å². The first-order valence-electron chi connectivity index (χ1n) is 3.45. The van der Waals surface area contributed by atoms with Gasteiger partial charge < -0.3 is 0 Å². The van der Waals surface area contributed by atoms with Crippen LogP contribution in [0.1, 0.15) is 13.3 Å². The summed E-state index contributed by atoms with van der Waals surface area (Å²) >= 11 is 0. The first kappa shape index (κ1) is 7.70. The van der Waals surface area contributed by atoms with E-state index in [0.29, 0.717) is 5.70 Å². The van der Waals surface area contributed by atoms with Crippen molar-refractivity contribution in [3.8, 4) is 0 Å². The van der Waals surface area contributed by atoms with Gasteiger partial charge in [0.1, 0.15) is 0 Å². The lowest BCUT2D eigenvalue weighted by Gasteiger charge is -1.90. The van der Waals surface area contributed by atoms with E-state index in [-0.39, 0.29) is 0 Å². The topological polar surface area (TPSA) is 29.4 Å². The molecule has 0 aliphatic heterocycles. The normalized spacial score (nSPS) is 16.1. The molecule has 1 aliphatic carbocycles. The molecule has 56 valence electrons. The minimum absolute atomic E-state index is 0.672. The van der Waals surface area contributed by atoms with Crippen LogP contribution in [0.15, 0.2) is 40.6 Å². The molecule has 0 fully saturated rings. The molecule has 1 aliphatic rings. The van der Waals surface area contributed by atoms with E-state index >= 15 is 0 Å². The lowest BCUT2D eigenvalue weighted by molar-refractivity contribution is 0.565. The molecule has 0 bridgehead atoms. The van der Waals surface area contributed by atoms with Crippen LogP contribution in [-0.2, 0) is 4.79 Å².